The Morgan fingerprint density at radius 1 is 0.979 bits per heavy atom. The molecule has 256 valence electrons. The van der Waals surface area contributed by atoms with Gasteiger partial charge in [0, 0.05) is 38.3 Å². The molecule has 2 fully saturated rings. The fourth-order valence-electron chi connectivity index (χ4n) is 7.04. The van der Waals surface area contributed by atoms with Crippen molar-refractivity contribution in [1.29, 1.82) is 0 Å². The molecule has 0 N–H and O–H groups in total. The number of hydrogen-bond acceptors (Lipinski definition) is 6. The minimum Gasteiger partial charge on any atom is -0.456 e. The highest BCUT2D eigenvalue weighted by Crippen LogP contribution is 2.43. The first-order valence-corrected chi connectivity index (χ1v) is 17.0. The smallest absolute Gasteiger partial charge is 0.338 e. The topological polar surface area (TPSA) is 73.4 Å². The Kier molecular flexibility index (Phi) is 10.7. The predicted molar refractivity (Wildman–Crippen MR) is 187 cm³/mol. The van der Waals surface area contributed by atoms with Gasteiger partial charge in [-0.1, -0.05) is 66.8 Å². The molecular formula is C39H49FN4O4. The van der Waals surface area contributed by atoms with Crippen LogP contribution in [0, 0.1) is 0 Å². The molecule has 8 nitrogen and oxygen atoms in total. The summed E-state index contributed by atoms with van der Waals surface area (Å²) in [4.78, 5) is 48.3. The Morgan fingerprint density at radius 2 is 1.67 bits per heavy atom. The number of esters is 1. The molecule has 1 spiro atoms. The Balaban J connectivity index is 1.26. The number of para-hydroxylation sites is 1. The Hall–Kier alpha value is -4.08. The maximum absolute atomic E-state index is 15.3. The zero-order valence-corrected chi connectivity index (χ0v) is 28.8. The van der Waals surface area contributed by atoms with Crippen molar-refractivity contribution in [2.24, 2.45) is 0 Å². The van der Waals surface area contributed by atoms with Gasteiger partial charge in [-0.15, -0.1) is 6.58 Å². The van der Waals surface area contributed by atoms with Crippen molar-refractivity contribution in [1.82, 2.24) is 14.7 Å². The van der Waals surface area contributed by atoms with Gasteiger partial charge in [-0.2, -0.15) is 0 Å². The molecular weight excluding hydrogens is 607 g/mol. The van der Waals surface area contributed by atoms with E-state index >= 15 is 4.39 Å². The van der Waals surface area contributed by atoms with Crippen LogP contribution in [0.5, 0.6) is 0 Å². The first kappa shape index (κ1) is 35.2. The number of carbonyl (C=O) groups is 3. The number of allylic oxidation sites excluding steroid dienone is 4. The van der Waals surface area contributed by atoms with Crippen molar-refractivity contribution in [2.75, 3.05) is 44.3 Å². The Labute approximate surface area is 284 Å². The summed E-state index contributed by atoms with van der Waals surface area (Å²) >= 11 is 0. The van der Waals surface area contributed by atoms with E-state index in [9.17, 15) is 14.4 Å². The molecule has 9 heteroatoms. The van der Waals surface area contributed by atoms with Crippen LogP contribution in [0.2, 0.25) is 0 Å². The second-order valence-corrected chi connectivity index (χ2v) is 14.1. The van der Waals surface area contributed by atoms with Crippen molar-refractivity contribution in [3.63, 3.8) is 0 Å². The normalized spacial score (nSPS) is 21.6. The van der Waals surface area contributed by atoms with Crippen molar-refractivity contribution in [3.8, 4) is 0 Å². The van der Waals surface area contributed by atoms with Crippen LogP contribution < -0.4 is 4.90 Å². The minimum absolute atomic E-state index is 0.0817. The summed E-state index contributed by atoms with van der Waals surface area (Å²) in [5.74, 6) is -0.818. The lowest BCUT2D eigenvalue weighted by Gasteiger charge is -2.42. The van der Waals surface area contributed by atoms with Crippen LogP contribution in [-0.2, 0) is 26.5 Å². The zero-order valence-electron chi connectivity index (χ0n) is 28.8. The van der Waals surface area contributed by atoms with Gasteiger partial charge in [0.25, 0.3) is 5.91 Å². The molecule has 0 aliphatic carbocycles. The van der Waals surface area contributed by atoms with Crippen LogP contribution in [0.1, 0.15) is 74.9 Å². The van der Waals surface area contributed by atoms with Gasteiger partial charge in [0.2, 0.25) is 11.6 Å². The number of piperidine rings is 1. The van der Waals surface area contributed by atoms with Gasteiger partial charge in [-0.3, -0.25) is 14.5 Å². The number of benzene rings is 2. The molecule has 1 atom stereocenters. The highest BCUT2D eigenvalue weighted by molar-refractivity contribution is 6.06. The molecule has 1 unspecified atom stereocenters. The molecule has 3 heterocycles. The van der Waals surface area contributed by atoms with Gasteiger partial charge in [0.15, 0.2) is 0 Å². The summed E-state index contributed by atoms with van der Waals surface area (Å²) in [5.41, 5.74) is -0.961. The van der Waals surface area contributed by atoms with E-state index in [4.69, 9.17) is 4.74 Å². The second-order valence-electron chi connectivity index (χ2n) is 14.1. The highest BCUT2D eigenvalue weighted by Gasteiger charge is 2.53. The number of nitrogens with zero attached hydrogens (tertiary/aromatic N) is 4. The summed E-state index contributed by atoms with van der Waals surface area (Å²) in [7, 11) is 0. The SMILES string of the molecule is C=CC/C=C\C=C/CN1CN(Cc2ccccc2C(=O)OC(C)(C)C)C(=O)C12CCN(CCCN1C(=O)C(C)(F)c3ccccc31)CC2. The molecule has 5 rings (SSSR count). The third-order valence-electron chi connectivity index (χ3n) is 9.53. The Bertz CT molecular complexity index is 1570. The maximum atomic E-state index is 15.3. The van der Waals surface area contributed by atoms with Crippen LogP contribution in [-0.4, -0.2) is 83.0 Å². The molecule has 3 aliphatic heterocycles. The van der Waals surface area contributed by atoms with Gasteiger partial charge in [-0.05, 0) is 77.6 Å². The Morgan fingerprint density at radius 3 is 2.40 bits per heavy atom. The standard InChI is InChI=1S/C39H49FN4O4/c1-6-7-8-9-10-15-24-43-29-42(28-30-17-11-12-18-31(30)34(45)48-37(2,3)4)36(47)39(43)21-26-41(27-22-39)23-16-25-44-33-20-14-13-19-32(33)38(5,40)35(44)46/h6,8-15,17-20H,1,7,16,21-29H2,2-5H3/b9-8-,15-10-. The number of hydrogen-bond donors (Lipinski definition) is 0. The summed E-state index contributed by atoms with van der Waals surface area (Å²) in [6.45, 7) is 14.7. The lowest BCUT2D eigenvalue weighted by Crippen LogP contribution is -2.56. The van der Waals surface area contributed by atoms with Crippen LogP contribution in [0.4, 0.5) is 10.1 Å². The summed E-state index contributed by atoms with van der Waals surface area (Å²) in [6, 6.07) is 14.5. The van der Waals surface area contributed by atoms with Crippen LogP contribution in [0.15, 0.2) is 85.5 Å². The molecule has 3 aliphatic rings. The van der Waals surface area contributed by atoms with E-state index in [1.165, 1.54) is 6.92 Å². The van der Waals surface area contributed by atoms with Crippen molar-refractivity contribution in [2.45, 2.75) is 76.7 Å². The largest absolute Gasteiger partial charge is 0.456 e. The second kappa shape index (κ2) is 14.6. The zero-order chi connectivity index (χ0) is 34.5. The number of alkyl halides is 1. The molecule has 2 aromatic rings. The lowest BCUT2D eigenvalue weighted by atomic mass is 9.85. The predicted octanol–water partition coefficient (Wildman–Crippen LogP) is 6.39. The van der Waals surface area contributed by atoms with E-state index in [1.54, 1.807) is 23.1 Å². The number of fused-ring (bicyclic) bond motifs is 1. The van der Waals surface area contributed by atoms with Gasteiger partial charge in [0.05, 0.1) is 17.9 Å². The number of rotatable bonds is 12. The first-order valence-electron chi connectivity index (χ1n) is 17.0. The number of amides is 2. The van der Waals surface area contributed by atoms with E-state index in [0.717, 1.165) is 31.6 Å². The average molecular weight is 657 g/mol. The molecule has 0 saturated carbocycles. The van der Waals surface area contributed by atoms with Crippen LogP contribution in [0.3, 0.4) is 0 Å². The van der Waals surface area contributed by atoms with E-state index in [-0.39, 0.29) is 5.91 Å². The fraction of sp³-hybridized carbons (Fsp3) is 0.462. The van der Waals surface area contributed by atoms with Crippen molar-refractivity contribution >= 4 is 23.5 Å². The minimum atomic E-state index is -2.00. The number of halogens is 1. The molecule has 0 radical (unpaired) electrons. The lowest BCUT2D eigenvalue weighted by molar-refractivity contribution is -0.136. The van der Waals surface area contributed by atoms with E-state index in [1.807, 2.05) is 80.3 Å². The molecule has 2 amide bonds. The number of likely N-dealkylation sites (tertiary alicyclic amines) is 1. The molecule has 0 aromatic heterocycles. The van der Waals surface area contributed by atoms with Crippen LogP contribution >= 0.6 is 0 Å². The highest BCUT2D eigenvalue weighted by atomic mass is 19.1. The number of ether oxygens (including phenoxy) is 1. The first-order chi connectivity index (χ1) is 22.9. The quantitative estimate of drug-likeness (QED) is 0.150. The molecule has 2 saturated heterocycles. The summed E-state index contributed by atoms with van der Waals surface area (Å²) in [6.07, 6.45) is 12.8. The van der Waals surface area contributed by atoms with Gasteiger partial charge in [0.1, 0.15) is 11.1 Å². The van der Waals surface area contributed by atoms with E-state index in [0.29, 0.717) is 62.4 Å². The van der Waals surface area contributed by atoms with E-state index < -0.39 is 28.7 Å². The van der Waals surface area contributed by atoms with Gasteiger partial charge < -0.3 is 19.4 Å². The average Bonchev–Trinajstić information content (AvgIpc) is 3.41. The number of carbonyl (C=O) groups excluding carboxylic acids is 3. The molecule has 48 heavy (non-hydrogen) atoms. The van der Waals surface area contributed by atoms with Crippen molar-refractivity contribution < 1.29 is 23.5 Å². The third kappa shape index (κ3) is 7.47. The van der Waals surface area contributed by atoms with Gasteiger partial charge >= 0.3 is 5.97 Å². The number of anilines is 1. The molecule has 0 bridgehead atoms. The van der Waals surface area contributed by atoms with Crippen LogP contribution in [0.25, 0.3) is 0 Å². The summed E-state index contributed by atoms with van der Waals surface area (Å²) in [5, 5.41) is 0. The van der Waals surface area contributed by atoms with E-state index in [2.05, 4.69) is 22.5 Å². The third-order valence-corrected chi connectivity index (χ3v) is 9.53. The van der Waals surface area contributed by atoms with Gasteiger partial charge in [-0.25, -0.2) is 9.18 Å². The molecule has 2 aromatic carbocycles. The fourth-order valence-corrected chi connectivity index (χ4v) is 7.04. The van der Waals surface area contributed by atoms with Crippen molar-refractivity contribution in [3.05, 3.63) is 102 Å². The maximum Gasteiger partial charge on any atom is 0.338 e. The summed E-state index contributed by atoms with van der Waals surface area (Å²) < 4.78 is 20.9. The monoisotopic (exact) mass is 656 g/mol.